The first-order valence-electron chi connectivity index (χ1n) is 12.0. The molecule has 0 bridgehead atoms. The summed E-state index contributed by atoms with van der Waals surface area (Å²) in [6.45, 7) is 2.42. The van der Waals surface area contributed by atoms with Crippen LogP contribution >= 0.6 is 0 Å². The maximum absolute atomic E-state index is 12.5. The van der Waals surface area contributed by atoms with Gasteiger partial charge in [0.15, 0.2) is 11.5 Å². The standard InChI is InChI=1S/C29H32N2O5/c1-31-17-15-25(16-18-31)36-24-11-9-23(10-12-24)35-20-22-5-3-4-6-26(22)30-29(33)14-8-21-7-13-28(34-2)27(32)19-21/h3-14,19,25,32H,15-18,20H2,1-2H3,(H,30,33)/b14-8+. The van der Waals surface area contributed by atoms with Crippen molar-refractivity contribution in [1.82, 2.24) is 4.90 Å². The lowest BCUT2D eigenvalue weighted by atomic mass is 10.1. The van der Waals surface area contributed by atoms with E-state index in [1.165, 1.54) is 19.3 Å². The average Bonchev–Trinajstić information content (AvgIpc) is 2.89. The Hall–Kier alpha value is -3.97. The van der Waals surface area contributed by atoms with Crippen LogP contribution in [0.25, 0.3) is 6.08 Å². The molecule has 2 N–H and O–H groups in total. The van der Waals surface area contributed by atoms with E-state index in [0.29, 0.717) is 23.6 Å². The molecule has 0 saturated carbocycles. The van der Waals surface area contributed by atoms with E-state index >= 15 is 0 Å². The molecule has 1 aliphatic heterocycles. The fourth-order valence-electron chi connectivity index (χ4n) is 4.00. The number of phenols is 1. The van der Waals surface area contributed by atoms with Crippen LogP contribution in [0.15, 0.2) is 72.8 Å². The highest BCUT2D eigenvalue weighted by atomic mass is 16.5. The van der Waals surface area contributed by atoms with E-state index in [1.807, 2.05) is 48.5 Å². The summed E-state index contributed by atoms with van der Waals surface area (Å²) in [7, 11) is 3.62. The molecule has 7 nitrogen and oxygen atoms in total. The predicted octanol–water partition coefficient (Wildman–Crippen LogP) is 5.10. The van der Waals surface area contributed by atoms with Gasteiger partial charge in [-0.25, -0.2) is 0 Å². The summed E-state index contributed by atoms with van der Waals surface area (Å²) in [6.07, 6.45) is 5.38. The number of benzene rings is 3. The van der Waals surface area contributed by atoms with Crippen molar-refractivity contribution in [3.63, 3.8) is 0 Å². The van der Waals surface area contributed by atoms with Crippen molar-refractivity contribution in [2.24, 2.45) is 0 Å². The van der Waals surface area contributed by atoms with Crippen LogP contribution in [0.2, 0.25) is 0 Å². The molecule has 1 saturated heterocycles. The zero-order valence-corrected chi connectivity index (χ0v) is 20.6. The van der Waals surface area contributed by atoms with Crippen LogP contribution in [-0.4, -0.2) is 49.3 Å². The van der Waals surface area contributed by atoms with E-state index in [-0.39, 0.29) is 17.8 Å². The van der Waals surface area contributed by atoms with E-state index in [2.05, 4.69) is 17.3 Å². The van der Waals surface area contributed by atoms with Crippen molar-refractivity contribution >= 4 is 17.7 Å². The number of anilines is 1. The number of nitrogens with zero attached hydrogens (tertiary/aromatic N) is 1. The lowest BCUT2D eigenvalue weighted by molar-refractivity contribution is -0.111. The molecule has 3 aromatic rings. The van der Waals surface area contributed by atoms with Gasteiger partial charge < -0.3 is 29.5 Å². The summed E-state index contributed by atoms with van der Waals surface area (Å²) in [6, 6.07) is 20.1. The maximum atomic E-state index is 12.5. The summed E-state index contributed by atoms with van der Waals surface area (Å²) in [5, 5.41) is 12.8. The van der Waals surface area contributed by atoms with Gasteiger partial charge in [-0.15, -0.1) is 0 Å². The average molecular weight is 489 g/mol. The monoisotopic (exact) mass is 488 g/mol. The highest BCUT2D eigenvalue weighted by molar-refractivity contribution is 6.02. The number of nitrogens with one attached hydrogen (secondary N) is 1. The molecule has 0 aliphatic carbocycles. The molecule has 36 heavy (non-hydrogen) atoms. The van der Waals surface area contributed by atoms with Gasteiger partial charge in [-0.3, -0.25) is 4.79 Å². The van der Waals surface area contributed by atoms with Crippen molar-refractivity contribution < 1.29 is 24.1 Å². The first kappa shape index (κ1) is 25.1. The Labute approximate surface area is 211 Å². The quantitative estimate of drug-likeness (QED) is 0.408. The summed E-state index contributed by atoms with van der Waals surface area (Å²) in [4.78, 5) is 14.8. The molecule has 0 spiro atoms. The third kappa shape index (κ3) is 7.02. The molecule has 0 radical (unpaired) electrons. The number of para-hydroxylation sites is 1. The zero-order chi connectivity index (χ0) is 25.3. The van der Waals surface area contributed by atoms with Crippen LogP contribution in [0, 0.1) is 0 Å². The Kier molecular flexibility index (Phi) is 8.47. The predicted molar refractivity (Wildman–Crippen MR) is 141 cm³/mol. The van der Waals surface area contributed by atoms with Crippen LogP contribution < -0.4 is 19.5 Å². The minimum atomic E-state index is -0.284. The molecule has 1 aliphatic rings. The van der Waals surface area contributed by atoms with Gasteiger partial charge in [0.05, 0.1) is 7.11 Å². The molecule has 0 atom stereocenters. The lowest BCUT2D eigenvalue weighted by Crippen LogP contribution is -2.35. The summed E-state index contributed by atoms with van der Waals surface area (Å²) >= 11 is 0. The van der Waals surface area contributed by atoms with Gasteiger partial charge in [0.25, 0.3) is 0 Å². The largest absolute Gasteiger partial charge is 0.504 e. The van der Waals surface area contributed by atoms with Crippen LogP contribution in [0.4, 0.5) is 5.69 Å². The lowest BCUT2D eigenvalue weighted by Gasteiger charge is -2.29. The molecule has 188 valence electrons. The van der Waals surface area contributed by atoms with Gasteiger partial charge in [-0.05, 0) is 74.0 Å². The first-order chi connectivity index (χ1) is 17.5. The molecule has 1 amide bonds. The third-order valence-electron chi connectivity index (χ3n) is 6.09. The van der Waals surface area contributed by atoms with Gasteiger partial charge in [-0.2, -0.15) is 0 Å². The molecule has 3 aromatic carbocycles. The van der Waals surface area contributed by atoms with Crippen molar-refractivity contribution in [1.29, 1.82) is 0 Å². The topological polar surface area (TPSA) is 80.3 Å². The number of amides is 1. The second-order valence-electron chi connectivity index (χ2n) is 8.79. The fourth-order valence-corrected chi connectivity index (χ4v) is 4.00. The zero-order valence-electron chi connectivity index (χ0n) is 20.6. The van der Waals surface area contributed by atoms with Crippen LogP contribution in [-0.2, 0) is 11.4 Å². The highest BCUT2D eigenvalue weighted by Gasteiger charge is 2.18. The second kappa shape index (κ2) is 12.1. The Morgan fingerprint density at radius 1 is 1.06 bits per heavy atom. The van der Waals surface area contributed by atoms with Crippen LogP contribution in [0.5, 0.6) is 23.0 Å². The van der Waals surface area contributed by atoms with Crippen molar-refractivity contribution in [3.8, 4) is 23.0 Å². The fraction of sp³-hybridized carbons (Fsp3) is 0.276. The number of likely N-dealkylation sites (tertiary alicyclic amines) is 1. The summed E-state index contributed by atoms with van der Waals surface area (Å²) < 4.78 is 17.1. The minimum absolute atomic E-state index is 0.0176. The van der Waals surface area contributed by atoms with Gasteiger partial charge in [0, 0.05) is 30.4 Å². The first-order valence-corrected chi connectivity index (χ1v) is 12.0. The number of aromatic hydroxyl groups is 1. The molecule has 7 heteroatoms. The maximum Gasteiger partial charge on any atom is 0.248 e. The van der Waals surface area contributed by atoms with Crippen molar-refractivity contribution in [3.05, 3.63) is 83.9 Å². The van der Waals surface area contributed by atoms with Crippen molar-refractivity contribution in [2.75, 3.05) is 32.6 Å². The molecule has 0 aromatic heterocycles. The number of carbonyl (C=O) groups excluding carboxylic acids is 1. The van der Waals surface area contributed by atoms with Crippen molar-refractivity contribution in [2.45, 2.75) is 25.6 Å². The van der Waals surface area contributed by atoms with E-state index in [0.717, 1.165) is 43.0 Å². The number of hydrogen-bond donors (Lipinski definition) is 2. The number of piperidine rings is 1. The number of rotatable bonds is 9. The van der Waals surface area contributed by atoms with Crippen LogP contribution in [0.1, 0.15) is 24.0 Å². The van der Waals surface area contributed by atoms with E-state index in [4.69, 9.17) is 14.2 Å². The van der Waals surface area contributed by atoms with Gasteiger partial charge in [-0.1, -0.05) is 24.3 Å². The molecular formula is C29H32N2O5. The Balaban J connectivity index is 1.31. The Morgan fingerprint density at radius 3 is 2.50 bits per heavy atom. The second-order valence-corrected chi connectivity index (χ2v) is 8.79. The smallest absolute Gasteiger partial charge is 0.248 e. The summed E-state index contributed by atoms with van der Waals surface area (Å²) in [5.74, 6) is 1.69. The number of phenolic OH excluding ortho intramolecular Hbond substituents is 1. The molecule has 4 rings (SSSR count). The third-order valence-corrected chi connectivity index (χ3v) is 6.09. The normalized spacial score (nSPS) is 14.5. The Bertz CT molecular complexity index is 1180. The van der Waals surface area contributed by atoms with Crippen LogP contribution in [0.3, 0.4) is 0 Å². The minimum Gasteiger partial charge on any atom is -0.504 e. The molecular weight excluding hydrogens is 456 g/mol. The number of hydrogen-bond acceptors (Lipinski definition) is 6. The number of carbonyl (C=O) groups is 1. The Morgan fingerprint density at radius 2 is 1.78 bits per heavy atom. The van der Waals surface area contributed by atoms with E-state index in [9.17, 15) is 9.90 Å². The molecule has 1 fully saturated rings. The van der Waals surface area contributed by atoms with E-state index < -0.39 is 0 Å². The van der Waals surface area contributed by atoms with Gasteiger partial charge in [0.2, 0.25) is 5.91 Å². The van der Waals surface area contributed by atoms with Gasteiger partial charge >= 0.3 is 0 Å². The van der Waals surface area contributed by atoms with E-state index in [1.54, 1.807) is 18.2 Å². The highest BCUT2D eigenvalue weighted by Crippen LogP contribution is 2.27. The SMILES string of the molecule is COc1ccc(/C=C/C(=O)Nc2ccccc2COc2ccc(OC3CCN(C)CC3)cc2)cc1O. The number of ether oxygens (including phenoxy) is 3. The summed E-state index contributed by atoms with van der Waals surface area (Å²) in [5.41, 5.74) is 2.21. The molecule has 0 unspecified atom stereocenters. The molecule has 1 heterocycles. The number of methoxy groups -OCH3 is 1. The van der Waals surface area contributed by atoms with Gasteiger partial charge in [0.1, 0.15) is 24.2 Å².